The molecule has 0 spiro atoms. The number of aliphatic hydroxyl groups is 2. The van der Waals surface area contributed by atoms with Crippen LogP contribution in [0.3, 0.4) is 0 Å². The number of hydrogen-bond acceptors (Lipinski definition) is 20. The van der Waals surface area contributed by atoms with Gasteiger partial charge in [0.05, 0.1) is 30.3 Å². The van der Waals surface area contributed by atoms with Gasteiger partial charge in [0.15, 0.2) is 28.6 Å². The number of hydrogen-bond donors (Lipinski definition) is 10. The van der Waals surface area contributed by atoms with Gasteiger partial charge in [0.25, 0.3) is 0 Å². The van der Waals surface area contributed by atoms with Crippen molar-refractivity contribution in [2.24, 2.45) is 5.41 Å². The highest BCUT2D eigenvalue weighted by Crippen LogP contribution is 2.61. The van der Waals surface area contributed by atoms with Gasteiger partial charge in [-0.3, -0.25) is 32.5 Å². The Bertz CT molecular complexity index is 2630. The van der Waals surface area contributed by atoms with Crippen molar-refractivity contribution in [3.05, 3.63) is 59.3 Å². The van der Waals surface area contributed by atoms with Crippen molar-refractivity contribution in [2.75, 3.05) is 37.8 Å². The number of halogens is 3. The summed E-state index contributed by atoms with van der Waals surface area (Å²) in [5.41, 5.74) is 5.00. The van der Waals surface area contributed by atoms with Gasteiger partial charge in [-0.15, -0.1) is 0 Å². The third-order valence-electron chi connectivity index (χ3n) is 9.31. The molecule has 33 heteroatoms. The Morgan fingerprint density at radius 2 is 1.65 bits per heavy atom. The molecule has 26 nitrogen and oxygen atoms in total. The molecule has 1 aliphatic heterocycles. The number of aromatic nitrogens is 4. The Labute approximate surface area is 431 Å². The van der Waals surface area contributed by atoms with Crippen LogP contribution in [0.4, 0.5) is 5.82 Å². The van der Waals surface area contributed by atoms with E-state index in [4.69, 9.17) is 24.3 Å². The van der Waals surface area contributed by atoms with E-state index in [2.05, 4.69) is 79.6 Å². The number of thioether (sulfide) groups is 1. The lowest BCUT2D eigenvalue weighted by Gasteiger charge is -2.30. The number of anilines is 1. The number of nitrogens with two attached hydrogens (primary N) is 1. The van der Waals surface area contributed by atoms with Gasteiger partial charge in [0.2, 0.25) is 11.8 Å². The Kier molecular flexibility index (Phi) is 20.0. The largest absolute Gasteiger partial charge is 0.507 e. The highest BCUT2D eigenvalue weighted by atomic mass is 127. The number of phenols is 1. The third kappa shape index (κ3) is 16.2. The van der Waals surface area contributed by atoms with Gasteiger partial charge in [-0.05, 0) is 104 Å². The van der Waals surface area contributed by atoms with E-state index in [0.29, 0.717) is 15.1 Å². The number of rotatable bonds is 23. The number of aliphatic hydroxyl groups excluding tert-OH is 2. The van der Waals surface area contributed by atoms with Crippen LogP contribution < -0.4 is 21.1 Å². The molecule has 2 aromatic carbocycles. The zero-order valence-corrected chi connectivity index (χ0v) is 45.1. The van der Waals surface area contributed by atoms with E-state index in [0.717, 1.165) is 41.7 Å². The predicted octanol–water partition coefficient (Wildman–Crippen LogP) is 3.22. The van der Waals surface area contributed by atoms with Crippen LogP contribution in [0.1, 0.15) is 32.1 Å². The summed E-state index contributed by atoms with van der Waals surface area (Å²) in [4.78, 5) is 89.0. The van der Waals surface area contributed by atoms with Crippen LogP contribution in [-0.2, 0) is 57.1 Å². The number of phenolic OH excluding ortho intramolecular Hbond substituents is 1. The number of amides is 2. The molecule has 2 amide bonds. The number of nitrogens with zero attached hydrogens (tertiary/aromatic N) is 4. The summed E-state index contributed by atoms with van der Waals surface area (Å²) in [6.45, 7) is 0.340. The first-order valence-corrected chi connectivity index (χ1v) is 28.1. The molecule has 0 radical (unpaired) electrons. The molecule has 4 aromatic rings. The van der Waals surface area contributed by atoms with Crippen LogP contribution in [-0.4, -0.2) is 128 Å². The fourth-order valence-corrected chi connectivity index (χ4v) is 12.1. The second kappa shape index (κ2) is 24.0. The summed E-state index contributed by atoms with van der Waals surface area (Å²) in [7, 11) is -16.5. The van der Waals surface area contributed by atoms with E-state index in [9.17, 15) is 63.0 Å². The molecular formula is C35H43I3N7O19P3S. The van der Waals surface area contributed by atoms with Crippen LogP contribution in [0.2, 0.25) is 0 Å². The van der Waals surface area contributed by atoms with Crippen molar-refractivity contribution >= 4 is 137 Å². The normalized spacial score (nSPS) is 19.8. The molecule has 7 atom stereocenters. The summed E-state index contributed by atoms with van der Waals surface area (Å²) in [6.07, 6.45) is -6.92. The number of benzene rings is 2. The van der Waals surface area contributed by atoms with E-state index in [1.54, 1.807) is 12.1 Å². The van der Waals surface area contributed by atoms with E-state index >= 15 is 0 Å². The zero-order valence-electron chi connectivity index (χ0n) is 35.2. The number of carbonyl (C=O) groups excluding carboxylic acids is 3. The Morgan fingerprint density at radius 3 is 2.31 bits per heavy atom. The summed E-state index contributed by atoms with van der Waals surface area (Å²) in [6, 6.07) is 8.56. The fourth-order valence-electron chi connectivity index (χ4n) is 5.99. The van der Waals surface area contributed by atoms with Gasteiger partial charge in [-0.1, -0.05) is 25.6 Å². The second-order valence-corrected chi connectivity index (χ2v) is 23.9. The lowest BCUT2D eigenvalue weighted by atomic mass is 9.87. The van der Waals surface area contributed by atoms with Crippen molar-refractivity contribution in [2.45, 2.75) is 57.3 Å². The highest BCUT2D eigenvalue weighted by molar-refractivity contribution is 14.1. The van der Waals surface area contributed by atoms with Crippen molar-refractivity contribution in [3.63, 3.8) is 0 Å². The first kappa shape index (κ1) is 56.7. The molecular weight excluding hydrogens is 1330 g/mol. The van der Waals surface area contributed by atoms with E-state index in [1.807, 2.05) is 34.7 Å². The summed E-state index contributed by atoms with van der Waals surface area (Å²) in [5, 5.41) is 36.2. The molecule has 1 aliphatic rings. The molecule has 3 heterocycles. The summed E-state index contributed by atoms with van der Waals surface area (Å²) >= 11 is 7.26. The van der Waals surface area contributed by atoms with Crippen molar-refractivity contribution in [3.8, 4) is 17.2 Å². The van der Waals surface area contributed by atoms with Crippen LogP contribution in [0.15, 0.2) is 43.0 Å². The van der Waals surface area contributed by atoms with E-state index < -0.39 is 84.6 Å². The first-order valence-electron chi connectivity index (χ1n) is 19.3. The smallest absolute Gasteiger partial charge is 0.481 e. The number of ether oxygens (including phenoxy) is 2. The highest BCUT2D eigenvalue weighted by Gasteiger charge is 2.50. The van der Waals surface area contributed by atoms with Crippen LogP contribution in [0.25, 0.3) is 11.2 Å². The second-order valence-electron chi connectivity index (χ2n) is 15.1. The molecule has 11 N–H and O–H groups in total. The van der Waals surface area contributed by atoms with Crippen molar-refractivity contribution in [1.82, 2.24) is 30.2 Å². The summed E-state index contributed by atoms with van der Waals surface area (Å²) in [5.74, 6) is 0.0492. The third-order valence-corrected chi connectivity index (χ3v) is 15.8. The molecule has 68 heavy (non-hydrogen) atoms. The maximum absolute atomic E-state index is 12.8. The number of aromatic hydroxyl groups is 1. The number of nitrogen functional groups attached to an aromatic ring is 1. The van der Waals surface area contributed by atoms with Crippen LogP contribution >= 0.6 is 103 Å². The maximum atomic E-state index is 12.8. The fraction of sp³-hybridized carbons (Fsp3) is 0.429. The molecule has 374 valence electrons. The molecule has 7 unspecified atom stereocenters. The van der Waals surface area contributed by atoms with Gasteiger partial charge in [-0.25, -0.2) is 28.6 Å². The number of imidazole rings is 1. The molecule has 0 bridgehead atoms. The van der Waals surface area contributed by atoms with Gasteiger partial charge >= 0.3 is 23.5 Å². The minimum absolute atomic E-state index is 0.0229. The number of fused-ring (bicyclic) bond motifs is 1. The van der Waals surface area contributed by atoms with E-state index in [1.165, 1.54) is 19.9 Å². The topological polar surface area (TPSA) is 393 Å². The minimum atomic E-state index is -5.60. The lowest BCUT2D eigenvalue weighted by molar-refractivity contribution is -0.137. The molecule has 1 fully saturated rings. The molecule has 0 saturated carbocycles. The standard InChI is InChI=1S/C35H43I3N7O19P3S/c1-35(2,14-60-67(57,58)64-66(55,56)59-13-23-29(63-65(52,53)54)27(49)34(62-23)45-16-44-26-31(39)42-15-43-32(26)45)30(50)33(51)41-6-5-24(47)40-7-8-68-25(48)11-17-9-20(37)28(21(38)10-17)61-18-3-4-22(46)19(36)12-18/h3-4,9-10,12,15-16,23,27,29-30,34,46,49-50H,5-8,11,13-14H2,1-2H3,(H,40,47)(H,41,51)(H,55,56)(H,57,58)(H2,39,42,43)(H2,52,53,54). The number of phosphoric ester groups is 3. The minimum Gasteiger partial charge on any atom is -0.507 e. The Morgan fingerprint density at radius 1 is 0.971 bits per heavy atom. The quantitative estimate of drug-likeness (QED) is 0.0289. The van der Waals surface area contributed by atoms with Gasteiger partial charge in [0, 0.05) is 37.1 Å². The lowest BCUT2D eigenvalue weighted by Crippen LogP contribution is -2.46. The Hall–Kier alpha value is -2.21. The first-order chi connectivity index (χ1) is 31.6. The zero-order chi connectivity index (χ0) is 50.4. The van der Waals surface area contributed by atoms with Crippen LogP contribution in [0, 0.1) is 16.1 Å². The van der Waals surface area contributed by atoms with Gasteiger partial charge in [-0.2, -0.15) is 4.31 Å². The predicted molar refractivity (Wildman–Crippen MR) is 264 cm³/mol. The molecule has 5 rings (SSSR count). The molecule has 0 aliphatic carbocycles. The number of nitrogens with one attached hydrogen (secondary N) is 2. The molecule has 1 saturated heterocycles. The van der Waals surface area contributed by atoms with Crippen molar-refractivity contribution < 1.29 is 90.3 Å². The SMILES string of the molecule is CC(C)(COP(=O)(O)OP(=O)(O)OCC1OC(n2cnc3c(N)ncnc32)C(O)C1OP(=O)(O)O)C(O)C(=O)NCCC(=O)NCCSC(=O)Cc1cc(I)c(Oc2ccc(O)c(I)c2)c(I)c1. The van der Waals surface area contributed by atoms with Crippen molar-refractivity contribution in [1.29, 1.82) is 0 Å². The number of carbonyl (C=O) groups is 3. The average Bonchev–Trinajstić information content (AvgIpc) is 3.80. The van der Waals surface area contributed by atoms with Crippen LogP contribution in [0.5, 0.6) is 17.2 Å². The number of phosphoric acid groups is 3. The van der Waals surface area contributed by atoms with Gasteiger partial charge < -0.3 is 60.7 Å². The maximum Gasteiger partial charge on any atom is 0.481 e. The monoisotopic (exact) mass is 1370 g/mol. The summed E-state index contributed by atoms with van der Waals surface area (Å²) < 4.78 is 70.7. The van der Waals surface area contributed by atoms with E-state index in [-0.39, 0.29) is 59.5 Å². The average molecular weight is 1370 g/mol. The van der Waals surface area contributed by atoms with Gasteiger partial charge in [0.1, 0.15) is 47.8 Å². The Balaban J connectivity index is 1.01. The molecule has 2 aromatic heterocycles.